The maximum absolute atomic E-state index is 14.2. The molecule has 4 aromatic carbocycles. The average Bonchev–Trinajstić information content (AvgIpc) is 3.24. The largest absolute Gasteiger partial charge is 0.352 e. The molecule has 204 valence electrons. The Morgan fingerprint density at radius 2 is 1.60 bits per heavy atom. The van der Waals surface area contributed by atoms with Gasteiger partial charge in [0.25, 0.3) is 5.91 Å². The van der Waals surface area contributed by atoms with Crippen molar-refractivity contribution < 1.29 is 18.8 Å². The molecule has 6 nitrogen and oxygen atoms in total. The summed E-state index contributed by atoms with van der Waals surface area (Å²) in [5.41, 5.74) is 2.82. The maximum atomic E-state index is 14.2. The molecule has 0 bridgehead atoms. The second-order valence-electron chi connectivity index (χ2n) is 10.2. The Balaban J connectivity index is 1.51. The van der Waals surface area contributed by atoms with Crippen LogP contribution in [0.1, 0.15) is 41.8 Å². The molecule has 1 heterocycles. The molecule has 3 amide bonds. The Kier molecular flexibility index (Phi) is 7.91. The van der Waals surface area contributed by atoms with E-state index < -0.39 is 6.04 Å². The van der Waals surface area contributed by atoms with Crippen molar-refractivity contribution in [3.8, 4) is 0 Å². The molecule has 1 aliphatic heterocycles. The smallest absolute Gasteiger partial charge is 0.259 e. The van der Waals surface area contributed by atoms with Gasteiger partial charge in [0, 0.05) is 30.0 Å². The van der Waals surface area contributed by atoms with Gasteiger partial charge in [0.2, 0.25) is 11.8 Å². The van der Waals surface area contributed by atoms with Crippen LogP contribution in [0.15, 0.2) is 91.0 Å². The third kappa shape index (κ3) is 5.59. The van der Waals surface area contributed by atoms with Gasteiger partial charge in [-0.25, -0.2) is 4.39 Å². The van der Waals surface area contributed by atoms with Gasteiger partial charge in [-0.1, -0.05) is 73.7 Å². The Morgan fingerprint density at radius 1 is 0.900 bits per heavy atom. The summed E-state index contributed by atoms with van der Waals surface area (Å²) in [4.78, 5) is 44.3. The molecule has 0 aromatic heterocycles. The fourth-order valence-electron chi connectivity index (χ4n) is 5.14. The van der Waals surface area contributed by atoms with Gasteiger partial charge in [0.05, 0.1) is 5.69 Å². The zero-order chi connectivity index (χ0) is 28.2. The van der Waals surface area contributed by atoms with Crippen LogP contribution in [0, 0.1) is 5.82 Å². The van der Waals surface area contributed by atoms with Crippen LogP contribution < -0.4 is 10.2 Å². The first-order chi connectivity index (χ1) is 19.4. The Labute approximate surface area is 233 Å². The summed E-state index contributed by atoms with van der Waals surface area (Å²) < 4.78 is 13.7. The van der Waals surface area contributed by atoms with Crippen molar-refractivity contribution in [3.05, 3.63) is 114 Å². The highest BCUT2D eigenvalue weighted by Crippen LogP contribution is 2.37. The van der Waals surface area contributed by atoms with Crippen LogP contribution in [0.25, 0.3) is 10.8 Å². The number of hydrogen-bond donors (Lipinski definition) is 1. The van der Waals surface area contributed by atoms with Gasteiger partial charge in [0.15, 0.2) is 0 Å². The molecule has 0 saturated heterocycles. The lowest BCUT2D eigenvalue weighted by molar-refractivity contribution is -0.140. The third-order valence-corrected chi connectivity index (χ3v) is 7.48. The van der Waals surface area contributed by atoms with Gasteiger partial charge in [-0.3, -0.25) is 19.3 Å². The molecule has 0 unspecified atom stereocenters. The Morgan fingerprint density at radius 3 is 2.30 bits per heavy atom. The summed E-state index contributed by atoms with van der Waals surface area (Å²) in [6.45, 7) is 3.76. The summed E-state index contributed by atoms with van der Waals surface area (Å²) >= 11 is 0. The van der Waals surface area contributed by atoms with E-state index in [1.54, 1.807) is 18.2 Å². The van der Waals surface area contributed by atoms with E-state index in [9.17, 15) is 18.8 Å². The van der Waals surface area contributed by atoms with Gasteiger partial charge in [-0.15, -0.1) is 0 Å². The highest BCUT2D eigenvalue weighted by Gasteiger charge is 2.36. The SMILES string of the molecule is CC[C@@H](C)NC(=O)[C@@H](Cc1ccccc1)N(Cc1ccc(F)cc1)C(=O)CN1C(=O)c2cccc3cccc1c23. The molecule has 4 aromatic rings. The Hall–Kier alpha value is -4.52. The fourth-order valence-corrected chi connectivity index (χ4v) is 5.14. The number of hydrogen-bond acceptors (Lipinski definition) is 3. The molecule has 7 heteroatoms. The topological polar surface area (TPSA) is 69.7 Å². The van der Waals surface area contributed by atoms with E-state index in [0.717, 1.165) is 22.8 Å². The second kappa shape index (κ2) is 11.7. The molecule has 5 rings (SSSR count). The summed E-state index contributed by atoms with van der Waals surface area (Å²) in [5.74, 6) is -1.27. The summed E-state index contributed by atoms with van der Waals surface area (Å²) in [7, 11) is 0. The van der Waals surface area contributed by atoms with E-state index in [1.165, 1.54) is 21.9 Å². The van der Waals surface area contributed by atoms with Crippen LogP contribution in [0.4, 0.5) is 10.1 Å². The number of rotatable bonds is 10. The Bertz CT molecular complexity index is 1530. The van der Waals surface area contributed by atoms with Crippen LogP contribution >= 0.6 is 0 Å². The zero-order valence-corrected chi connectivity index (χ0v) is 22.6. The minimum atomic E-state index is -0.843. The molecular formula is C33H32FN3O3. The molecule has 0 spiro atoms. The summed E-state index contributed by atoms with van der Waals surface area (Å²) in [5, 5.41) is 4.79. The first kappa shape index (κ1) is 27.1. The highest BCUT2D eigenvalue weighted by atomic mass is 19.1. The van der Waals surface area contributed by atoms with E-state index in [4.69, 9.17) is 0 Å². The van der Waals surface area contributed by atoms with E-state index in [1.807, 2.05) is 74.5 Å². The number of carbonyl (C=O) groups is 3. The van der Waals surface area contributed by atoms with Crippen LogP contribution in [0.5, 0.6) is 0 Å². The van der Waals surface area contributed by atoms with Crippen molar-refractivity contribution in [2.45, 2.75) is 45.3 Å². The summed E-state index contributed by atoms with van der Waals surface area (Å²) in [6.07, 6.45) is 1.03. The van der Waals surface area contributed by atoms with Crippen molar-refractivity contribution in [1.82, 2.24) is 10.2 Å². The van der Waals surface area contributed by atoms with Crippen molar-refractivity contribution in [3.63, 3.8) is 0 Å². The van der Waals surface area contributed by atoms with E-state index in [0.29, 0.717) is 23.2 Å². The first-order valence-electron chi connectivity index (χ1n) is 13.6. The molecular weight excluding hydrogens is 505 g/mol. The number of anilines is 1. The predicted molar refractivity (Wildman–Crippen MR) is 154 cm³/mol. The van der Waals surface area contributed by atoms with Gasteiger partial charge in [-0.05, 0) is 54.1 Å². The van der Waals surface area contributed by atoms with E-state index in [-0.39, 0.29) is 42.7 Å². The first-order valence-corrected chi connectivity index (χ1v) is 13.6. The zero-order valence-electron chi connectivity index (χ0n) is 22.6. The molecule has 0 fully saturated rings. The average molecular weight is 538 g/mol. The molecule has 0 aliphatic carbocycles. The van der Waals surface area contributed by atoms with Gasteiger partial charge < -0.3 is 10.2 Å². The monoisotopic (exact) mass is 537 g/mol. The number of halogens is 1. The quantitative estimate of drug-likeness (QED) is 0.291. The lowest BCUT2D eigenvalue weighted by Gasteiger charge is -2.33. The molecule has 40 heavy (non-hydrogen) atoms. The van der Waals surface area contributed by atoms with Gasteiger partial charge in [0.1, 0.15) is 18.4 Å². The van der Waals surface area contributed by atoms with E-state index >= 15 is 0 Å². The second-order valence-corrected chi connectivity index (χ2v) is 10.2. The molecule has 2 atom stereocenters. The normalized spacial score (nSPS) is 13.8. The van der Waals surface area contributed by atoms with Crippen LogP contribution in [-0.4, -0.2) is 41.2 Å². The highest BCUT2D eigenvalue weighted by molar-refractivity contribution is 6.26. The number of nitrogens with zero attached hydrogens (tertiary/aromatic N) is 2. The van der Waals surface area contributed by atoms with Crippen molar-refractivity contribution >= 4 is 34.2 Å². The molecule has 1 N–H and O–H groups in total. The maximum Gasteiger partial charge on any atom is 0.259 e. The number of benzene rings is 4. The van der Waals surface area contributed by atoms with Crippen molar-refractivity contribution in [2.24, 2.45) is 0 Å². The summed E-state index contributed by atoms with van der Waals surface area (Å²) in [6, 6.07) is 25.7. The lowest BCUT2D eigenvalue weighted by atomic mass is 10.0. The van der Waals surface area contributed by atoms with Gasteiger partial charge in [-0.2, -0.15) is 0 Å². The predicted octanol–water partition coefficient (Wildman–Crippen LogP) is 5.49. The number of nitrogens with one attached hydrogen (secondary N) is 1. The van der Waals surface area contributed by atoms with Crippen molar-refractivity contribution in [2.75, 3.05) is 11.4 Å². The van der Waals surface area contributed by atoms with Crippen LogP contribution in [-0.2, 0) is 22.6 Å². The van der Waals surface area contributed by atoms with Crippen molar-refractivity contribution in [1.29, 1.82) is 0 Å². The molecule has 0 saturated carbocycles. The van der Waals surface area contributed by atoms with Crippen LogP contribution in [0.3, 0.4) is 0 Å². The standard InChI is InChI=1S/C33H32FN3O3/c1-3-22(2)35-32(39)29(19-23-9-5-4-6-10-23)36(20-24-15-17-26(34)18-16-24)30(38)21-37-28-14-8-12-25-11-7-13-27(31(25)28)33(37)40/h4-18,22,29H,3,19-21H2,1-2H3,(H,35,39)/t22-,29-/m1/s1. The lowest BCUT2D eigenvalue weighted by Crippen LogP contribution is -2.54. The number of carbonyl (C=O) groups excluding carboxylic acids is 3. The number of amides is 3. The van der Waals surface area contributed by atoms with Gasteiger partial charge >= 0.3 is 0 Å². The minimum Gasteiger partial charge on any atom is -0.352 e. The molecule has 0 radical (unpaired) electrons. The van der Waals surface area contributed by atoms with E-state index in [2.05, 4.69) is 5.32 Å². The molecule has 1 aliphatic rings. The van der Waals surface area contributed by atoms with Crippen LogP contribution in [0.2, 0.25) is 0 Å². The third-order valence-electron chi connectivity index (χ3n) is 7.48. The fraction of sp³-hybridized carbons (Fsp3) is 0.242. The minimum absolute atomic E-state index is 0.0826.